The van der Waals surface area contributed by atoms with Gasteiger partial charge >= 0.3 is 0 Å². The average Bonchev–Trinajstić information content (AvgIpc) is 3.18. The second-order valence-corrected chi connectivity index (χ2v) is 15.8. The van der Waals surface area contributed by atoms with E-state index in [0.29, 0.717) is 12.5 Å². The lowest BCUT2D eigenvalue weighted by Crippen LogP contribution is -2.46. The maximum absolute atomic E-state index is 15.8. The Hall–Kier alpha value is -4.23. The van der Waals surface area contributed by atoms with Crippen LogP contribution in [0.5, 0.6) is 11.5 Å². The summed E-state index contributed by atoms with van der Waals surface area (Å²) in [5.74, 6) is 0.358. The van der Waals surface area contributed by atoms with Gasteiger partial charge in [0, 0.05) is 49.3 Å². The number of ether oxygens (including phenoxy) is 1. The maximum atomic E-state index is 15.8. The molecule has 55 heavy (non-hydrogen) atoms. The number of phenols is 1. The second kappa shape index (κ2) is 19.1. The van der Waals surface area contributed by atoms with E-state index < -0.39 is 0 Å². The number of unbranched alkanes of at least 4 members (excludes halogenated alkanes) is 2. The summed E-state index contributed by atoms with van der Waals surface area (Å²) in [7, 11) is 0. The number of rotatable bonds is 18. The molecule has 0 bridgehead atoms. The van der Waals surface area contributed by atoms with E-state index in [0.717, 1.165) is 124 Å². The predicted molar refractivity (Wildman–Crippen MR) is 220 cm³/mol. The predicted octanol–water partition coefficient (Wildman–Crippen LogP) is 11.4. The Morgan fingerprint density at radius 2 is 1.58 bits per heavy atom. The van der Waals surface area contributed by atoms with E-state index in [9.17, 15) is 14.3 Å². The first kappa shape index (κ1) is 40.4. The van der Waals surface area contributed by atoms with Crippen LogP contribution in [0.15, 0.2) is 78.9 Å². The van der Waals surface area contributed by atoms with Gasteiger partial charge in [0.05, 0.1) is 6.61 Å². The van der Waals surface area contributed by atoms with Gasteiger partial charge < -0.3 is 14.7 Å². The molecule has 1 saturated heterocycles. The number of nitrogens with zero attached hydrogens (tertiary/aromatic N) is 2. The van der Waals surface area contributed by atoms with Gasteiger partial charge in [-0.2, -0.15) is 0 Å². The highest BCUT2D eigenvalue weighted by atomic mass is 19.1. The summed E-state index contributed by atoms with van der Waals surface area (Å²) in [4.78, 5) is 17.8. The van der Waals surface area contributed by atoms with Gasteiger partial charge in [0.25, 0.3) is 0 Å². The number of hydrogen-bond acceptors (Lipinski definition) is 5. The molecule has 3 atom stereocenters. The minimum atomic E-state index is -0.374. The Kier molecular flexibility index (Phi) is 14.0. The fourth-order valence-electron chi connectivity index (χ4n) is 8.53. The summed E-state index contributed by atoms with van der Waals surface area (Å²) >= 11 is 0. The monoisotopic (exact) mass is 750 g/mol. The first-order valence-electron chi connectivity index (χ1n) is 20.9. The average molecular weight is 751 g/mol. The van der Waals surface area contributed by atoms with Gasteiger partial charge in [-0.05, 0) is 152 Å². The smallest absolute Gasteiger partial charge is 0.165 e. The van der Waals surface area contributed by atoms with Crippen LogP contribution in [0.25, 0.3) is 0 Å². The third kappa shape index (κ3) is 9.78. The molecule has 294 valence electrons. The van der Waals surface area contributed by atoms with Crippen molar-refractivity contribution in [2.45, 2.75) is 103 Å². The lowest BCUT2D eigenvalue weighted by molar-refractivity contribution is 0.0926. The molecule has 1 aliphatic carbocycles. The molecular formula is C48H60F2N2O3. The largest absolute Gasteiger partial charge is 0.508 e. The number of anilines is 1. The first-order chi connectivity index (χ1) is 26.7. The van der Waals surface area contributed by atoms with Crippen LogP contribution in [-0.4, -0.2) is 55.1 Å². The van der Waals surface area contributed by atoms with Crippen molar-refractivity contribution in [3.05, 3.63) is 124 Å². The van der Waals surface area contributed by atoms with Crippen molar-refractivity contribution in [1.29, 1.82) is 0 Å². The summed E-state index contributed by atoms with van der Waals surface area (Å²) in [6, 6.07) is 24.0. The zero-order valence-corrected chi connectivity index (χ0v) is 33.3. The van der Waals surface area contributed by atoms with Crippen molar-refractivity contribution >= 4 is 11.5 Å². The summed E-state index contributed by atoms with van der Waals surface area (Å²) in [5, 5.41) is 10.5. The fraction of sp³-hybridized carbons (Fsp3) is 0.479. The summed E-state index contributed by atoms with van der Waals surface area (Å²) in [6.07, 6.45) is 8.74. The molecule has 2 fully saturated rings. The molecular weight excluding hydrogens is 691 g/mol. The van der Waals surface area contributed by atoms with Crippen LogP contribution in [0.4, 0.5) is 14.5 Å². The van der Waals surface area contributed by atoms with Crippen molar-refractivity contribution in [2.24, 2.45) is 5.92 Å². The molecule has 1 heterocycles. The lowest BCUT2D eigenvalue weighted by Gasteiger charge is -2.36. The normalized spacial score (nSPS) is 16.7. The Balaban J connectivity index is 1.02. The second-order valence-electron chi connectivity index (χ2n) is 15.8. The van der Waals surface area contributed by atoms with Gasteiger partial charge in [-0.1, -0.05) is 58.4 Å². The number of phenolic OH excluding ortho intramolecular Hbond substituents is 1. The molecule has 1 saturated carbocycles. The van der Waals surface area contributed by atoms with Crippen molar-refractivity contribution in [3.8, 4) is 11.5 Å². The van der Waals surface area contributed by atoms with Crippen LogP contribution in [-0.2, 0) is 6.42 Å². The molecule has 6 rings (SSSR count). The number of benzene rings is 4. The van der Waals surface area contributed by atoms with Gasteiger partial charge in [-0.3, -0.25) is 9.69 Å². The number of Topliss-reactive ketones (excluding diaryl/α,β-unsaturated/α-hetero) is 1. The third-order valence-corrected chi connectivity index (χ3v) is 12.3. The highest BCUT2D eigenvalue weighted by molar-refractivity contribution is 5.99. The SMILES string of the molecule is CCc1cc(N2CCN(CCCCCOc3ccc(C(c4ccc(O)cc4C4CCC4)C(CC)c4ccc(F)cc4)cc3F)CC2)ccc1C(=O)C(C)CC. The van der Waals surface area contributed by atoms with Crippen LogP contribution in [0.3, 0.4) is 0 Å². The van der Waals surface area contributed by atoms with E-state index in [1.807, 2.05) is 43.3 Å². The van der Waals surface area contributed by atoms with Gasteiger partial charge in [-0.25, -0.2) is 8.78 Å². The number of aromatic hydroxyl groups is 1. The standard InChI is InChI=1S/C48H60F2N2O3/c1-5-33(4)48(54)42-21-19-39(30-34(42)6-2)52-27-25-51(26-28-52)24-9-8-10-29-55-46-23-16-37(31-45(46)50)47(41(7-3)36-14-17-38(49)18-15-36)43-22-20-40(53)32-44(43)35-12-11-13-35/h14-23,30-33,35,41,47,53H,5-13,24-29H2,1-4H3. The number of aryl methyl sites for hydroxylation is 1. The summed E-state index contributed by atoms with van der Waals surface area (Å²) in [5.41, 5.74) is 7.33. The zero-order valence-electron chi connectivity index (χ0n) is 33.3. The minimum Gasteiger partial charge on any atom is -0.508 e. The van der Waals surface area contributed by atoms with Crippen molar-refractivity contribution in [3.63, 3.8) is 0 Å². The van der Waals surface area contributed by atoms with E-state index >= 15 is 4.39 Å². The number of carbonyl (C=O) groups is 1. The number of hydrogen-bond donors (Lipinski definition) is 1. The van der Waals surface area contributed by atoms with Gasteiger partial charge in [0.15, 0.2) is 17.3 Å². The Morgan fingerprint density at radius 3 is 2.24 bits per heavy atom. The van der Waals surface area contributed by atoms with Crippen LogP contribution in [0, 0.1) is 17.6 Å². The molecule has 5 nitrogen and oxygen atoms in total. The Labute approximate surface area is 327 Å². The molecule has 4 aromatic carbocycles. The number of halogens is 2. The molecule has 0 aromatic heterocycles. The first-order valence-corrected chi connectivity index (χ1v) is 20.9. The molecule has 0 amide bonds. The molecule has 3 unspecified atom stereocenters. The molecule has 0 spiro atoms. The van der Waals surface area contributed by atoms with Crippen LogP contribution in [0.2, 0.25) is 0 Å². The third-order valence-electron chi connectivity index (χ3n) is 12.3. The highest BCUT2D eigenvalue weighted by Gasteiger charge is 2.32. The van der Waals surface area contributed by atoms with E-state index in [4.69, 9.17) is 4.74 Å². The lowest BCUT2D eigenvalue weighted by atomic mass is 9.70. The number of carbonyl (C=O) groups excluding carboxylic acids is 1. The molecule has 7 heteroatoms. The quantitative estimate of drug-likeness (QED) is 0.0811. The maximum Gasteiger partial charge on any atom is 0.165 e. The minimum absolute atomic E-state index is 0.00939. The molecule has 2 aliphatic rings. The highest BCUT2D eigenvalue weighted by Crippen LogP contribution is 2.48. The van der Waals surface area contributed by atoms with E-state index in [1.165, 1.54) is 17.8 Å². The van der Waals surface area contributed by atoms with Crippen LogP contribution in [0.1, 0.15) is 135 Å². The zero-order chi connectivity index (χ0) is 38.9. The molecule has 1 N–H and O–H groups in total. The van der Waals surface area contributed by atoms with Crippen molar-refractivity contribution < 1.29 is 23.4 Å². The summed E-state index contributed by atoms with van der Waals surface area (Å²) in [6.45, 7) is 13.8. The number of piperazine rings is 1. The van der Waals surface area contributed by atoms with Crippen LogP contribution >= 0.6 is 0 Å². The molecule has 4 aromatic rings. The number of ketones is 1. The Morgan fingerprint density at radius 1 is 0.836 bits per heavy atom. The van der Waals surface area contributed by atoms with E-state index in [1.54, 1.807) is 18.2 Å². The van der Waals surface area contributed by atoms with E-state index in [-0.39, 0.29) is 46.7 Å². The van der Waals surface area contributed by atoms with Crippen molar-refractivity contribution in [1.82, 2.24) is 4.90 Å². The fourth-order valence-corrected chi connectivity index (χ4v) is 8.53. The van der Waals surface area contributed by atoms with Crippen molar-refractivity contribution in [2.75, 3.05) is 44.2 Å². The van der Waals surface area contributed by atoms with Gasteiger partial charge in [0.1, 0.15) is 11.6 Å². The topological polar surface area (TPSA) is 53.0 Å². The molecule has 1 aliphatic heterocycles. The summed E-state index contributed by atoms with van der Waals surface area (Å²) < 4.78 is 35.8. The van der Waals surface area contributed by atoms with Gasteiger partial charge in [0.2, 0.25) is 0 Å². The van der Waals surface area contributed by atoms with Crippen LogP contribution < -0.4 is 9.64 Å². The van der Waals surface area contributed by atoms with E-state index in [2.05, 4.69) is 42.7 Å². The van der Waals surface area contributed by atoms with Gasteiger partial charge in [-0.15, -0.1) is 0 Å². The molecule has 0 radical (unpaired) electrons. The Bertz CT molecular complexity index is 1870.